The van der Waals surface area contributed by atoms with Crippen molar-refractivity contribution in [3.05, 3.63) is 164 Å². The summed E-state index contributed by atoms with van der Waals surface area (Å²) in [6.45, 7) is 0. The Balaban J connectivity index is 1.18. The summed E-state index contributed by atoms with van der Waals surface area (Å²) >= 11 is 0. The Morgan fingerprint density at radius 1 is 0.207 bits per heavy atom. The summed E-state index contributed by atoms with van der Waals surface area (Å²) in [4.78, 5) is 0. The highest BCUT2D eigenvalue weighted by Gasteiger charge is 2.31. The van der Waals surface area contributed by atoms with Gasteiger partial charge in [0.2, 0.25) is 0 Å². The summed E-state index contributed by atoms with van der Waals surface area (Å²) in [5.41, 5.74) is 3.27. The summed E-state index contributed by atoms with van der Waals surface area (Å²) in [5.74, 6) is -11.4. The van der Waals surface area contributed by atoms with Crippen LogP contribution in [0.3, 0.4) is 0 Å². The van der Waals surface area contributed by atoms with E-state index < -0.39 is 80.8 Å². The molecule has 8 rings (SSSR count). The van der Waals surface area contributed by atoms with E-state index in [9.17, 15) is 102 Å². The van der Waals surface area contributed by atoms with Gasteiger partial charge in [0.05, 0.1) is 0 Å². The largest absolute Gasteiger partial charge is 0.508 e. The summed E-state index contributed by atoms with van der Waals surface area (Å²) in [7, 11) is 0. The smallest absolute Gasteiger partial charge is 0.200 e. The number of hydrogen-bond donors (Lipinski definition) is 20. The average molecular weight is 1130 g/mol. The topological polar surface area (TPSA) is 405 Å². The van der Waals surface area contributed by atoms with Crippen molar-refractivity contribution in [2.75, 3.05) is 0 Å². The molecule has 0 bridgehead atoms. The zero-order valence-electron chi connectivity index (χ0n) is 43.8. The first-order chi connectivity index (χ1) is 38.8. The molecular formula is C62H62O20. The molecule has 0 aliphatic heterocycles. The number of hydrogen-bond acceptors (Lipinski definition) is 20. The molecule has 430 valence electrons. The SMILES string of the molecule is Oc1cc(CC[C@@H](Cc2cc(O)c(CCc3cc(O)c(O)c(O)c3)cc2O)[C@H](Cc2cc(O)c(CCc3cc(O)c(O)c(O)c3)cc2O)c2cc(O)c(CCc3cc(O)c(O)c(O)c3)cc2O)c(O)cc1CCc1cc(O)c(O)c(O)c1. The molecule has 0 amide bonds. The second kappa shape index (κ2) is 24.0. The van der Waals surface area contributed by atoms with Crippen molar-refractivity contribution in [3.63, 3.8) is 0 Å². The summed E-state index contributed by atoms with van der Waals surface area (Å²) in [6, 6.07) is 20.5. The van der Waals surface area contributed by atoms with E-state index in [0.717, 1.165) is 0 Å². The van der Waals surface area contributed by atoms with Crippen LogP contribution in [-0.2, 0) is 70.6 Å². The van der Waals surface area contributed by atoms with Gasteiger partial charge in [-0.05, 0) is 247 Å². The number of rotatable bonds is 21. The highest BCUT2D eigenvalue weighted by Crippen LogP contribution is 2.47. The van der Waals surface area contributed by atoms with Gasteiger partial charge in [-0.3, -0.25) is 0 Å². The molecule has 0 radical (unpaired) electrons. The molecular weight excluding hydrogens is 1060 g/mol. The van der Waals surface area contributed by atoms with E-state index in [-0.39, 0.29) is 162 Å². The minimum atomic E-state index is -0.991. The van der Waals surface area contributed by atoms with Gasteiger partial charge in [0.15, 0.2) is 69.0 Å². The molecule has 20 nitrogen and oxygen atoms in total. The maximum Gasteiger partial charge on any atom is 0.200 e. The maximum absolute atomic E-state index is 12.1. The van der Waals surface area contributed by atoms with Gasteiger partial charge in [0, 0.05) is 5.56 Å². The molecule has 2 atom stereocenters. The molecule has 0 fully saturated rings. The van der Waals surface area contributed by atoms with E-state index in [4.69, 9.17) is 0 Å². The fourth-order valence-corrected chi connectivity index (χ4v) is 10.4. The Morgan fingerprint density at radius 3 is 0.744 bits per heavy atom. The van der Waals surface area contributed by atoms with Gasteiger partial charge in [-0.15, -0.1) is 0 Å². The predicted octanol–water partition coefficient (Wildman–Crippen LogP) is 8.76. The molecule has 0 aromatic heterocycles. The second-order valence-electron chi connectivity index (χ2n) is 20.6. The molecule has 0 saturated heterocycles. The van der Waals surface area contributed by atoms with Gasteiger partial charge >= 0.3 is 0 Å². The molecule has 82 heavy (non-hydrogen) atoms. The number of benzene rings is 8. The standard InChI is InChI=1S/C62H62O20/c63-43-22-38(44(64)21-34(43)5-1-29-11-51(71)59(79)52(72)12-29)10-9-33(19-39-26-45(65)35(23-47(39)67)6-2-30-13-53(73)60(80)54(74)14-30)41(42-28-49(69)37(25-50(42)70)8-4-32-17-57(77)62(82)58(78)18-32)20-40-27-46(66)36(24-48(40)68)7-3-31-15-55(75)61(81)56(76)16-31/h11-18,21-28,33,41,63-82H,1-10,19-20H2/t33-,41-/m0/s1. The van der Waals surface area contributed by atoms with Crippen molar-refractivity contribution in [2.45, 2.75) is 83.0 Å². The van der Waals surface area contributed by atoms with Crippen LogP contribution in [-0.4, -0.2) is 102 Å². The van der Waals surface area contributed by atoms with Crippen LogP contribution in [0.4, 0.5) is 0 Å². The lowest BCUT2D eigenvalue weighted by Crippen LogP contribution is -2.20. The third-order valence-electron chi connectivity index (χ3n) is 15.0. The highest BCUT2D eigenvalue weighted by molar-refractivity contribution is 5.57. The minimum absolute atomic E-state index is 0.00657. The van der Waals surface area contributed by atoms with Gasteiger partial charge in [0.25, 0.3) is 0 Å². The summed E-state index contributed by atoms with van der Waals surface area (Å²) < 4.78 is 0. The molecule has 0 aliphatic rings. The van der Waals surface area contributed by atoms with E-state index in [1.54, 1.807) is 0 Å². The first kappa shape index (κ1) is 57.9. The number of aromatic hydroxyl groups is 20. The fourth-order valence-electron chi connectivity index (χ4n) is 10.4. The van der Waals surface area contributed by atoms with Crippen LogP contribution in [0, 0.1) is 5.92 Å². The first-order valence-electron chi connectivity index (χ1n) is 25.9. The average Bonchev–Trinajstić information content (AvgIpc) is 3.46. The maximum atomic E-state index is 12.1. The van der Waals surface area contributed by atoms with Gasteiger partial charge in [0.1, 0.15) is 46.0 Å². The Bertz CT molecular complexity index is 3610. The van der Waals surface area contributed by atoms with Crippen molar-refractivity contribution in [1.82, 2.24) is 0 Å². The fraction of sp³-hybridized carbons (Fsp3) is 0.226. The van der Waals surface area contributed by atoms with Gasteiger partial charge in [-0.2, -0.15) is 0 Å². The normalized spacial score (nSPS) is 12.1. The highest BCUT2D eigenvalue weighted by atomic mass is 16.3. The van der Waals surface area contributed by atoms with E-state index in [1.165, 1.54) is 97.1 Å². The Kier molecular flexibility index (Phi) is 17.0. The number of phenolic OH excluding ortho intramolecular Hbond substituents is 20. The van der Waals surface area contributed by atoms with Crippen LogP contribution in [0.25, 0.3) is 0 Å². The number of aryl methyl sites for hydroxylation is 9. The zero-order valence-corrected chi connectivity index (χ0v) is 43.8. The lowest BCUT2D eigenvalue weighted by molar-refractivity contribution is 0.356. The summed E-state index contributed by atoms with van der Waals surface area (Å²) in [6.07, 6.45) is 0.575. The lowest BCUT2D eigenvalue weighted by atomic mass is 9.74. The van der Waals surface area contributed by atoms with Crippen molar-refractivity contribution in [1.29, 1.82) is 0 Å². The van der Waals surface area contributed by atoms with Crippen molar-refractivity contribution >= 4 is 0 Å². The van der Waals surface area contributed by atoms with Crippen LogP contribution in [0.1, 0.15) is 79.1 Å². The van der Waals surface area contributed by atoms with Crippen LogP contribution in [0.5, 0.6) is 115 Å². The molecule has 0 spiro atoms. The third-order valence-corrected chi connectivity index (χ3v) is 15.0. The minimum Gasteiger partial charge on any atom is -0.508 e. The van der Waals surface area contributed by atoms with E-state index in [2.05, 4.69) is 0 Å². The van der Waals surface area contributed by atoms with Crippen molar-refractivity contribution < 1.29 is 102 Å². The predicted molar refractivity (Wildman–Crippen MR) is 296 cm³/mol. The van der Waals surface area contributed by atoms with Crippen molar-refractivity contribution in [3.8, 4) is 115 Å². The Morgan fingerprint density at radius 2 is 0.439 bits per heavy atom. The Labute approximate surface area is 468 Å². The molecule has 0 saturated carbocycles. The molecule has 20 N–H and O–H groups in total. The van der Waals surface area contributed by atoms with Crippen LogP contribution in [0.2, 0.25) is 0 Å². The molecule has 0 heterocycles. The Hall–Kier alpha value is -10.2. The van der Waals surface area contributed by atoms with Gasteiger partial charge in [-0.25, -0.2) is 0 Å². The van der Waals surface area contributed by atoms with Crippen LogP contribution < -0.4 is 0 Å². The lowest BCUT2D eigenvalue weighted by Gasteiger charge is -2.30. The monoisotopic (exact) mass is 1130 g/mol. The first-order valence-corrected chi connectivity index (χ1v) is 25.9. The van der Waals surface area contributed by atoms with E-state index in [1.807, 2.05) is 0 Å². The van der Waals surface area contributed by atoms with E-state index in [0.29, 0.717) is 27.8 Å². The summed E-state index contributed by atoms with van der Waals surface area (Å²) in [5, 5.41) is 213. The van der Waals surface area contributed by atoms with Crippen molar-refractivity contribution in [2.24, 2.45) is 5.92 Å². The quantitative estimate of drug-likeness (QED) is 0.0236. The molecule has 8 aromatic carbocycles. The zero-order chi connectivity index (χ0) is 59.4. The molecule has 0 aliphatic carbocycles. The second-order valence-corrected chi connectivity index (χ2v) is 20.6. The van der Waals surface area contributed by atoms with E-state index >= 15 is 0 Å². The molecule has 8 aromatic rings. The van der Waals surface area contributed by atoms with Crippen LogP contribution in [0.15, 0.2) is 97.1 Å². The van der Waals surface area contributed by atoms with Gasteiger partial charge < -0.3 is 102 Å². The van der Waals surface area contributed by atoms with Gasteiger partial charge in [-0.1, -0.05) is 0 Å². The molecule has 20 heteroatoms. The van der Waals surface area contributed by atoms with Crippen LogP contribution >= 0.6 is 0 Å². The third kappa shape index (κ3) is 13.1. The molecule has 0 unspecified atom stereocenters. The number of phenols is 20.